The number of rotatable bonds is 3. The third-order valence-corrected chi connectivity index (χ3v) is 4.37. The summed E-state index contributed by atoms with van der Waals surface area (Å²) in [5.74, 6) is 0.923. The number of nitrogens with one attached hydrogen (secondary N) is 1. The molecule has 0 spiro atoms. The Morgan fingerprint density at radius 3 is 2.75 bits per heavy atom. The van der Waals surface area contributed by atoms with Gasteiger partial charge in [0.25, 0.3) is 0 Å². The highest BCUT2D eigenvalue weighted by Gasteiger charge is 2.22. The van der Waals surface area contributed by atoms with E-state index in [-0.39, 0.29) is 6.10 Å². The van der Waals surface area contributed by atoms with Gasteiger partial charge in [-0.05, 0) is 57.9 Å². The van der Waals surface area contributed by atoms with Crippen LogP contribution in [0, 0.1) is 0 Å². The molecule has 1 heterocycles. The molecule has 2 aromatic carbocycles. The highest BCUT2D eigenvalue weighted by Crippen LogP contribution is 2.32. The molecule has 0 amide bonds. The number of fused-ring (bicyclic) bond motifs is 1. The van der Waals surface area contributed by atoms with E-state index < -0.39 is 0 Å². The summed E-state index contributed by atoms with van der Waals surface area (Å²) < 4.78 is 6.87. The van der Waals surface area contributed by atoms with E-state index in [2.05, 4.69) is 21.2 Å². The molecule has 104 valence electrons. The lowest BCUT2D eigenvalue weighted by molar-refractivity contribution is 0.246. The first-order chi connectivity index (χ1) is 9.61. The van der Waals surface area contributed by atoms with Crippen molar-refractivity contribution in [2.45, 2.75) is 12.5 Å². The van der Waals surface area contributed by atoms with Crippen molar-refractivity contribution in [3.8, 4) is 5.75 Å². The predicted octanol–water partition coefficient (Wildman–Crippen LogP) is 5.17. The molecule has 0 fully saturated rings. The first-order valence-corrected chi connectivity index (χ1v) is 7.81. The molecule has 2 aromatic rings. The molecule has 1 unspecified atom stereocenters. The first-order valence-electron chi connectivity index (χ1n) is 6.26. The van der Waals surface area contributed by atoms with Crippen LogP contribution in [0.2, 0.25) is 10.0 Å². The van der Waals surface area contributed by atoms with Crippen molar-refractivity contribution in [1.82, 2.24) is 0 Å². The summed E-state index contributed by atoms with van der Waals surface area (Å²) in [4.78, 5) is 0. The monoisotopic (exact) mass is 371 g/mol. The van der Waals surface area contributed by atoms with Gasteiger partial charge in [0.15, 0.2) is 0 Å². The van der Waals surface area contributed by atoms with Gasteiger partial charge in [-0.3, -0.25) is 0 Å². The van der Waals surface area contributed by atoms with Crippen LogP contribution in [0.5, 0.6) is 5.75 Å². The maximum absolute atomic E-state index is 6.00. The molecule has 1 aliphatic heterocycles. The summed E-state index contributed by atoms with van der Waals surface area (Å²) in [7, 11) is 0. The Kier molecular flexibility index (Phi) is 4.11. The van der Waals surface area contributed by atoms with Crippen LogP contribution in [0.25, 0.3) is 0 Å². The molecule has 1 atom stereocenters. The number of hydrogen-bond donors (Lipinski definition) is 1. The lowest BCUT2D eigenvalue weighted by atomic mass is 10.1. The average molecular weight is 373 g/mol. The number of hydrogen-bond acceptors (Lipinski definition) is 2. The molecule has 3 rings (SSSR count). The fraction of sp³-hybridized carbons (Fsp3) is 0.200. The van der Waals surface area contributed by atoms with Gasteiger partial charge in [0.2, 0.25) is 0 Å². The van der Waals surface area contributed by atoms with Gasteiger partial charge in [-0.2, -0.15) is 0 Å². The maximum atomic E-state index is 6.00. The zero-order chi connectivity index (χ0) is 14.1. The van der Waals surface area contributed by atoms with Crippen molar-refractivity contribution >= 4 is 44.8 Å². The third kappa shape index (κ3) is 3.05. The summed E-state index contributed by atoms with van der Waals surface area (Å²) in [5, 5.41) is 4.81. The first kappa shape index (κ1) is 14.1. The van der Waals surface area contributed by atoms with Crippen molar-refractivity contribution in [2.75, 3.05) is 11.9 Å². The second-order valence-corrected chi connectivity index (χ2v) is 6.43. The minimum absolute atomic E-state index is 0.106. The Morgan fingerprint density at radius 1 is 1.15 bits per heavy atom. The lowest BCUT2D eigenvalue weighted by Crippen LogP contribution is -2.24. The molecular formula is C15H12BrCl2NO. The van der Waals surface area contributed by atoms with Gasteiger partial charge in [-0.25, -0.2) is 0 Å². The quantitative estimate of drug-likeness (QED) is 0.802. The average Bonchev–Trinajstić information content (AvgIpc) is 2.81. The Bertz CT molecular complexity index is 648. The van der Waals surface area contributed by atoms with Gasteiger partial charge in [0.1, 0.15) is 11.9 Å². The van der Waals surface area contributed by atoms with Crippen LogP contribution in [-0.2, 0) is 6.42 Å². The van der Waals surface area contributed by atoms with Crippen molar-refractivity contribution in [3.63, 3.8) is 0 Å². The van der Waals surface area contributed by atoms with Crippen LogP contribution in [0.4, 0.5) is 5.69 Å². The normalized spacial score (nSPS) is 16.6. The minimum atomic E-state index is 0.106. The molecule has 1 aliphatic rings. The molecule has 1 N–H and O–H groups in total. The standard InChI is InChI=1S/C15H12BrCl2NO/c16-13-3-1-11(18)7-14(13)19-8-12-6-9-5-10(17)2-4-15(9)20-12/h1-5,7,12,19H,6,8H2. The van der Waals surface area contributed by atoms with E-state index in [1.165, 1.54) is 0 Å². The molecule has 0 bridgehead atoms. The van der Waals surface area contributed by atoms with Crippen molar-refractivity contribution in [1.29, 1.82) is 0 Å². The van der Waals surface area contributed by atoms with E-state index in [0.29, 0.717) is 11.6 Å². The van der Waals surface area contributed by atoms with Gasteiger partial charge in [-0.1, -0.05) is 23.2 Å². The molecule has 20 heavy (non-hydrogen) atoms. The second kappa shape index (κ2) is 5.84. The smallest absolute Gasteiger partial charge is 0.123 e. The van der Waals surface area contributed by atoms with E-state index in [9.17, 15) is 0 Å². The summed E-state index contributed by atoms with van der Waals surface area (Å²) >= 11 is 15.5. The van der Waals surface area contributed by atoms with Gasteiger partial charge in [0, 0.05) is 20.9 Å². The van der Waals surface area contributed by atoms with Crippen molar-refractivity contribution < 1.29 is 4.74 Å². The molecule has 2 nitrogen and oxygen atoms in total. The van der Waals surface area contributed by atoms with E-state index in [0.717, 1.165) is 32.9 Å². The van der Waals surface area contributed by atoms with Gasteiger partial charge in [0.05, 0.1) is 12.2 Å². The van der Waals surface area contributed by atoms with Gasteiger partial charge in [-0.15, -0.1) is 0 Å². The summed E-state index contributed by atoms with van der Waals surface area (Å²) in [6, 6.07) is 11.4. The van der Waals surface area contributed by atoms with Crippen LogP contribution >= 0.6 is 39.1 Å². The van der Waals surface area contributed by atoms with Crippen LogP contribution in [0.1, 0.15) is 5.56 Å². The topological polar surface area (TPSA) is 21.3 Å². The molecule has 0 aromatic heterocycles. The highest BCUT2D eigenvalue weighted by atomic mass is 79.9. The van der Waals surface area contributed by atoms with E-state index in [4.69, 9.17) is 27.9 Å². The summed E-state index contributed by atoms with van der Waals surface area (Å²) in [6.07, 6.45) is 0.968. The van der Waals surface area contributed by atoms with Crippen LogP contribution in [0.15, 0.2) is 40.9 Å². The zero-order valence-electron chi connectivity index (χ0n) is 10.5. The second-order valence-electron chi connectivity index (χ2n) is 4.70. The van der Waals surface area contributed by atoms with E-state index >= 15 is 0 Å². The van der Waals surface area contributed by atoms with Crippen molar-refractivity contribution in [2.24, 2.45) is 0 Å². The van der Waals surface area contributed by atoms with E-state index in [1.807, 2.05) is 36.4 Å². The fourth-order valence-corrected chi connectivity index (χ4v) is 3.01. The van der Waals surface area contributed by atoms with Crippen LogP contribution in [-0.4, -0.2) is 12.6 Å². The van der Waals surface area contributed by atoms with E-state index in [1.54, 1.807) is 0 Å². The largest absolute Gasteiger partial charge is 0.488 e. The molecular weight excluding hydrogens is 361 g/mol. The predicted molar refractivity (Wildman–Crippen MR) is 87.2 cm³/mol. The molecule has 0 radical (unpaired) electrons. The molecule has 0 aliphatic carbocycles. The maximum Gasteiger partial charge on any atom is 0.123 e. The molecule has 5 heteroatoms. The van der Waals surface area contributed by atoms with Gasteiger partial charge < -0.3 is 10.1 Å². The Labute approximate surface area is 136 Å². The summed E-state index contributed by atoms with van der Waals surface area (Å²) in [5.41, 5.74) is 2.13. The number of benzene rings is 2. The number of halogens is 3. The highest BCUT2D eigenvalue weighted by molar-refractivity contribution is 9.10. The number of anilines is 1. The van der Waals surface area contributed by atoms with Crippen LogP contribution in [0.3, 0.4) is 0 Å². The Balaban J connectivity index is 1.65. The Morgan fingerprint density at radius 2 is 1.90 bits per heavy atom. The minimum Gasteiger partial charge on any atom is -0.488 e. The zero-order valence-corrected chi connectivity index (χ0v) is 13.6. The molecule has 0 saturated heterocycles. The third-order valence-electron chi connectivity index (χ3n) is 3.21. The van der Waals surface area contributed by atoms with Gasteiger partial charge >= 0.3 is 0 Å². The SMILES string of the molecule is Clc1ccc2c(c1)CC(CNc1cc(Cl)ccc1Br)O2. The molecule has 0 saturated carbocycles. The summed E-state index contributed by atoms with van der Waals surface area (Å²) in [6.45, 7) is 0.714. The Hall–Kier alpha value is -0.900. The lowest BCUT2D eigenvalue weighted by Gasteiger charge is -2.14. The number of ether oxygens (including phenoxy) is 1. The van der Waals surface area contributed by atoms with Crippen LogP contribution < -0.4 is 10.1 Å². The fourth-order valence-electron chi connectivity index (χ4n) is 2.26. The van der Waals surface area contributed by atoms with Crippen molar-refractivity contribution in [3.05, 3.63) is 56.5 Å².